The Bertz CT molecular complexity index is 609. The summed E-state index contributed by atoms with van der Waals surface area (Å²) in [5, 5.41) is 0. The average molecular weight is 387 g/mol. The summed E-state index contributed by atoms with van der Waals surface area (Å²) < 4.78 is 16.7. The van der Waals surface area contributed by atoms with Crippen molar-refractivity contribution in [1.82, 2.24) is 9.97 Å². The van der Waals surface area contributed by atoms with Crippen LogP contribution in [0.3, 0.4) is 0 Å². The first-order valence-electron chi connectivity index (χ1n) is 5.69. The molecule has 1 aromatic carbocycles. The molecule has 0 spiro atoms. The highest BCUT2D eigenvalue weighted by Crippen LogP contribution is 2.40. The predicted octanol–water partition coefficient (Wildman–Crippen LogP) is 2.36. The van der Waals surface area contributed by atoms with Crippen molar-refractivity contribution < 1.29 is 14.2 Å². The minimum Gasteiger partial charge on any atom is -0.493 e. The summed E-state index contributed by atoms with van der Waals surface area (Å²) in [7, 11) is 4.67. The fraction of sp³-hybridized carbons (Fsp3) is 0.231. The molecule has 106 valence electrons. The summed E-state index contributed by atoms with van der Waals surface area (Å²) in [6, 6.07) is 3.56. The maximum absolute atomic E-state index is 5.81. The fourth-order valence-corrected chi connectivity index (χ4v) is 1.99. The number of methoxy groups -OCH3 is 3. The molecule has 20 heavy (non-hydrogen) atoms. The smallest absolute Gasteiger partial charge is 0.203 e. The second-order valence-electron chi connectivity index (χ2n) is 3.84. The van der Waals surface area contributed by atoms with Crippen LogP contribution in [0.2, 0.25) is 0 Å². The molecule has 2 rings (SSSR count). The number of benzene rings is 1. The van der Waals surface area contributed by atoms with Crippen LogP contribution in [0.4, 0.5) is 5.82 Å². The number of nitrogen functional groups attached to an aromatic ring is 1. The lowest BCUT2D eigenvalue weighted by molar-refractivity contribution is 0.324. The molecule has 2 N–H and O–H groups in total. The van der Waals surface area contributed by atoms with Gasteiger partial charge in [0.25, 0.3) is 0 Å². The first-order chi connectivity index (χ1) is 9.60. The second-order valence-corrected chi connectivity index (χ2v) is 5.00. The summed E-state index contributed by atoms with van der Waals surface area (Å²) in [5.74, 6) is 2.55. The Labute approximate surface area is 130 Å². The minimum absolute atomic E-state index is 0.435. The van der Waals surface area contributed by atoms with Gasteiger partial charge in [0.2, 0.25) is 5.75 Å². The molecule has 0 aliphatic rings. The molecular formula is C13H14IN3O3. The molecule has 1 heterocycles. The number of hydrogen-bond donors (Lipinski definition) is 1. The molecule has 0 saturated heterocycles. The molecule has 0 aliphatic carbocycles. The van der Waals surface area contributed by atoms with E-state index < -0.39 is 0 Å². The number of aromatic nitrogens is 2. The SMILES string of the molecule is COc1cc(-c2ncc(I)c(N)n2)cc(OC)c1OC. The third kappa shape index (κ3) is 2.72. The molecule has 0 bridgehead atoms. The quantitative estimate of drug-likeness (QED) is 0.812. The van der Waals surface area contributed by atoms with Gasteiger partial charge in [-0.15, -0.1) is 0 Å². The van der Waals surface area contributed by atoms with Crippen LogP contribution >= 0.6 is 22.6 Å². The Kier molecular flexibility index (Phi) is 4.48. The van der Waals surface area contributed by atoms with E-state index in [1.165, 1.54) is 0 Å². The molecule has 0 radical (unpaired) electrons. The number of hydrogen-bond acceptors (Lipinski definition) is 6. The van der Waals surface area contributed by atoms with Gasteiger partial charge >= 0.3 is 0 Å². The minimum atomic E-state index is 0.435. The summed E-state index contributed by atoms with van der Waals surface area (Å²) in [6.45, 7) is 0. The van der Waals surface area contributed by atoms with E-state index in [0.717, 1.165) is 9.13 Å². The zero-order chi connectivity index (χ0) is 14.7. The lowest BCUT2D eigenvalue weighted by Crippen LogP contribution is -2.00. The third-order valence-corrected chi connectivity index (χ3v) is 3.53. The van der Waals surface area contributed by atoms with E-state index in [1.807, 2.05) is 0 Å². The van der Waals surface area contributed by atoms with Crippen LogP contribution in [0.1, 0.15) is 0 Å². The van der Waals surface area contributed by atoms with Crippen LogP contribution in [0.15, 0.2) is 18.3 Å². The Morgan fingerprint density at radius 1 is 1.05 bits per heavy atom. The van der Waals surface area contributed by atoms with E-state index in [-0.39, 0.29) is 0 Å². The van der Waals surface area contributed by atoms with Crippen molar-refractivity contribution in [2.75, 3.05) is 27.1 Å². The predicted molar refractivity (Wildman–Crippen MR) is 84.3 cm³/mol. The molecule has 0 atom stereocenters. The zero-order valence-electron chi connectivity index (χ0n) is 11.3. The van der Waals surface area contributed by atoms with Gasteiger partial charge in [-0.05, 0) is 34.7 Å². The van der Waals surface area contributed by atoms with Crippen molar-refractivity contribution in [2.45, 2.75) is 0 Å². The van der Waals surface area contributed by atoms with Gasteiger partial charge in [0.15, 0.2) is 17.3 Å². The monoisotopic (exact) mass is 387 g/mol. The summed E-state index contributed by atoms with van der Waals surface area (Å²) in [4.78, 5) is 8.52. The van der Waals surface area contributed by atoms with Gasteiger partial charge in [0, 0.05) is 11.8 Å². The maximum Gasteiger partial charge on any atom is 0.203 e. The van der Waals surface area contributed by atoms with Crippen molar-refractivity contribution in [1.29, 1.82) is 0 Å². The first kappa shape index (κ1) is 14.6. The fourth-order valence-electron chi connectivity index (χ4n) is 1.73. The molecular weight excluding hydrogens is 373 g/mol. The Balaban J connectivity index is 2.59. The first-order valence-corrected chi connectivity index (χ1v) is 6.77. The molecule has 7 heteroatoms. The van der Waals surface area contributed by atoms with Gasteiger partial charge in [-0.1, -0.05) is 0 Å². The van der Waals surface area contributed by atoms with Gasteiger partial charge in [-0.2, -0.15) is 0 Å². The maximum atomic E-state index is 5.81. The second kappa shape index (κ2) is 6.12. The molecule has 1 aromatic heterocycles. The lowest BCUT2D eigenvalue weighted by atomic mass is 10.1. The summed E-state index contributed by atoms with van der Waals surface area (Å²) in [6.07, 6.45) is 1.67. The van der Waals surface area contributed by atoms with E-state index >= 15 is 0 Å². The Morgan fingerprint density at radius 2 is 1.65 bits per heavy atom. The molecule has 2 aromatic rings. The standard InChI is InChI=1S/C13H14IN3O3/c1-18-9-4-7(5-10(19-2)11(9)20-3)13-16-6-8(14)12(15)17-13/h4-6H,1-3H3,(H2,15,16,17). The average Bonchev–Trinajstić information content (AvgIpc) is 2.48. The van der Waals surface area contributed by atoms with E-state index in [9.17, 15) is 0 Å². The summed E-state index contributed by atoms with van der Waals surface area (Å²) in [5.41, 5.74) is 6.55. The van der Waals surface area contributed by atoms with Gasteiger partial charge in [0.05, 0.1) is 24.9 Å². The van der Waals surface area contributed by atoms with Gasteiger partial charge in [-0.3, -0.25) is 0 Å². The van der Waals surface area contributed by atoms with Crippen LogP contribution < -0.4 is 19.9 Å². The van der Waals surface area contributed by atoms with Crippen molar-refractivity contribution in [3.8, 4) is 28.6 Å². The number of nitrogens with two attached hydrogens (primary N) is 1. The largest absolute Gasteiger partial charge is 0.493 e. The number of nitrogens with zero attached hydrogens (tertiary/aromatic N) is 2. The topological polar surface area (TPSA) is 79.5 Å². The molecule has 6 nitrogen and oxygen atoms in total. The van der Waals surface area contributed by atoms with E-state index in [4.69, 9.17) is 19.9 Å². The molecule has 0 saturated carbocycles. The van der Waals surface area contributed by atoms with Crippen LogP contribution in [-0.4, -0.2) is 31.3 Å². The van der Waals surface area contributed by atoms with Gasteiger partial charge < -0.3 is 19.9 Å². The number of rotatable bonds is 4. The Morgan fingerprint density at radius 3 is 2.10 bits per heavy atom. The summed E-state index contributed by atoms with van der Waals surface area (Å²) >= 11 is 2.08. The normalized spacial score (nSPS) is 10.2. The van der Waals surface area contributed by atoms with E-state index in [2.05, 4.69) is 32.6 Å². The highest BCUT2D eigenvalue weighted by Gasteiger charge is 2.15. The molecule has 0 unspecified atom stereocenters. The van der Waals surface area contributed by atoms with Crippen molar-refractivity contribution in [3.63, 3.8) is 0 Å². The number of ether oxygens (including phenoxy) is 3. The number of halogens is 1. The third-order valence-electron chi connectivity index (χ3n) is 2.69. The van der Waals surface area contributed by atoms with Crippen molar-refractivity contribution in [3.05, 3.63) is 21.9 Å². The van der Waals surface area contributed by atoms with Crippen LogP contribution in [0.25, 0.3) is 11.4 Å². The zero-order valence-corrected chi connectivity index (χ0v) is 13.5. The molecule has 0 aliphatic heterocycles. The van der Waals surface area contributed by atoms with Crippen LogP contribution in [0.5, 0.6) is 17.2 Å². The lowest BCUT2D eigenvalue weighted by Gasteiger charge is -2.13. The van der Waals surface area contributed by atoms with Gasteiger partial charge in [0.1, 0.15) is 5.82 Å². The van der Waals surface area contributed by atoms with E-state index in [1.54, 1.807) is 39.7 Å². The van der Waals surface area contributed by atoms with Crippen molar-refractivity contribution >= 4 is 28.4 Å². The van der Waals surface area contributed by atoms with Crippen LogP contribution in [0, 0.1) is 3.57 Å². The highest BCUT2D eigenvalue weighted by atomic mass is 127. The molecule has 0 fully saturated rings. The highest BCUT2D eigenvalue weighted by molar-refractivity contribution is 14.1. The Hall–Kier alpha value is -1.77. The number of anilines is 1. The molecule has 0 amide bonds. The van der Waals surface area contributed by atoms with Gasteiger partial charge in [-0.25, -0.2) is 9.97 Å². The van der Waals surface area contributed by atoms with Crippen LogP contribution in [-0.2, 0) is 0 Å². The van der Waals surface area contributed by atoms with Crippen molar-refractivity contribution in [2.24, 2.45) is 0 Å². The van der Waals surface area contributed by atoms with E-state index in [0.29, 0.717) is 28.9 Å².